The molecule has 4 N–H and O–H groups in total. The molecule has 7 heteroatoms. The number of aryl methyl sites for hydroxylation is 1. The summed E-state index contributed by atoms with van der Waals surface area (Å²) in [7, 11) is 0. The molecule has 0 fully saturated rings. The number of aromatic nitrogens is 3. The smallest absolute Gasteiger partial charge is 0.222 e. The second kappa shape index (κ2) is 10.4. The average molecular weight is 357 g/mol. The average Bonchev–Trinajstić information content (AvgIpc) is 2.61. The highest BCUT2D eigenvalue weighted by atomic mass is 16.5. The molecule has 2 aromatic heterocycles. The summed E-state index contributed by atoms with van der Waals surface area (Å²) >= 11 is 0. The number of nitrogens with one attached hydrogen (secondary N) is 1. The number of nitrogen functional groups attached to an aromatic ring is 1. The van der Waals surface area contributed by atoms with E-state index in [-0.39, 0.29) is 12.6 Å². The molecule has 0 aliphatic heterocycles. The number of rotatable bonds is 10. The molecule has 26 heavy (non-hydrogen) atoms. The van der Waals surface area contributed by atoms with E-state index in [1.165, 1.54) is 0 Å². The fourth-order valence-electron chi connectivity index (χ4n) is 2.56. The normalized spacial score (nSPS) is 12.3. The summed E-state index contributed by atoms with van der Waals surface area (Å²) < 4.78 is 5.81. The molecule has 1 atom stereocenters. The lowest BCUT2D eigenvalue weighted by atomic mass is 10.0. The Balaban J connectivity index is 2.04. The van der Waals surface area contributed by atoms with E-state index in [4.69, 9.17) is 15.6 Å². The van der Waals surface area contributed by atoms with E-state index in [9.17, 15) is 0 Å². The first-order valence-electron chi connectivity index (χ1n) is 8.84. The van der Waals surface area contributed by atoms with Crippen molar-refractivity contribution in [2.45, 2.75) is 39.7 Å². The number of nitrogens with zero attached hydrogens (tertiary/aromatic N) is 3. The quantitative estimate of drug-likeness (QED) is 0.600. The first-order valence-corrected chi connectivity index (χ1v) is 8.84. The molecule has 7 nitrogen and oxygen atoms in total. The van der Waals surface area contributed by atoms with Gasteiger partial charge >= 0.3 is 0 Å². The number of hydrogen-bond acceptors (Lipinski definition) is 7. The van der Waals surface area contributed by atoms with Gasteiger partial charge in [-0.2, -0.15) is 4.98 Å². The molecule has 2 heterocycles. The van der Waals surface area contributed by atoms with Crippen molar-refractivity contribution < 1.29 is 9.84 Å². The summed E-state index contributed by atoms with van der Waals surface area (Å²) in [5, 5.41) is 12.3. The third-order valence-corrected chi connectivity index (χ3v) is 3.84. The van der Waals surface area contributed by atoms with Gasteiger partial charge in [0.1, 0.15) is 6.61 Å². The molecule has 0 unspecified atom stereocenters. The van der Waals surface area contributed by atoms with Gasteiger partial charge in [0.2, 0.25) is 5.95 Å². The lowest BCUT2D eigenvalue weighted by molar-refractivity contribution is 0.266. The Morgan fingerprint density at radius 3 is 2.88 bits per heavy atom. The van der Waals surface area contributed by atoms with Crippen LogP contribution in [0.4, 0.5) is 11.8 Å². The summed E-state index contributed by atoms with van der Waals surface area (Å²) in [5.41, 5.74) is 7.46. The van der Waals surface area contributed by atoms with Crippen molar-refractivity contribution in [1.29, 1.82) is 0 Å². The van der Waals surface area contributed by atoms with E-state index < -0.39 is 0 Å². The molecular weight excluding hydrogens is 330 g/mol. The van der Waals surface area contributed by atoms with Gasteiger partial charge in [0, 0.05) is 12.3 Å². The molecule has 140 valence electrons. The molecule has 0 aliphatic rings. The molecule has 0 radical (unpaired) electrons. The van der Waals surface area contributed by atoms with E-state index in [2.05, 4.69) is 27.2 Å². The van der Waals surface area contributed by atoms with Crippen LogP contribution in [0.2, 0.25) is 0 Å². The van der Waals surface area contributed by atoms with Crippen LogP contribution < -0.4 is 15.8 Å². The SMILES string of the molecule is CCC[C@H](/C=C/Nc1nc(N)ncc1OCc1cccc(C)n1)CCO. The minimum atomic E-state index is 0.169. The van der Waals surface area contributed by atoms with Gasteiger partial charge < -0.3 is 20.9 Å². The third-order valence-electron chi connectivity index (χ3n) is 3.84. The zero-order valence-corrected chi connectivity index (χ0v) is 15.4. The Bertz CT molecular complexity index is 715. The van der Waals surface area contributed by atoms with Crippen molar-refractivity contribution in [1.82, 2.24) is 15.0 Å². The van der Waals surface area contributed by atoms with Crippen molar-refractivity contribution >= 4 is 11.8 Å². The van der Waals surface area contributed by atoms with E-state index in [0.717, 1.165) is 30.7 Å². The maximum absolute atomic E-state index is 9.14. The Hall–Kier alpha value is -2.67. The van der Waals surface area contributed by atoms with Crippen molar-refractivity contribution in [2.24, 2.45) is 5.92 Å². The molecule has 0 bridgehead atoms. The monoisotopic (exact) mass is 357 g/mol. The van der Waals surface area contributed by atoms with Crippen LogP contribution in [0, 0.1) is 12.8 Å². The van der Waals surface area contributed by atoms with Crippen LogP contribution >= 0.6 is 0 Å². The zero-order chi connectivity index (χ0) is 18.8. The number of nitrogens with two attached hydrogens (primary N) is 1. The highest BCUT2D eigenvalue weighted by Crippen LogP contribution is 2.23. The molecule has 0 aromatic carbocycles. The van der Waals surface area contributed by atoms with Crippen LogP contribution in [0.25, 0.3) is 0 Å². The molecule has 0 amide bonds. The number of allylic oxidation sites excluding steroid dienone is 1. The Labute approximate surface area is 154 Å². The Morgan fingerprint density at radius 1 is 1.31 bits per heavy atom. The second-order valence-corrected chi connectivity index (χ2v) is 6.06. The van der Waals surface area contributed by atoms with E-state index in [0.29, 0.717) is 24.1 Å². The highest BCUT2D eigenvalue weighted by molar-refractivity contribution is 5.52. The number of aliphatic hydroxyl groups is 1. The maximum Gasteiger partial charge on any atom is 0.222 e. The van der Waals surface area contributed by atoms with Gasteiger partial charge in [-0.05, 0) is 44.0 Å². The molecule has 0 aliphatic carbocycles. The summed E-state index contributed by atoms with van der Waals surface area (Å²) in [5.74, 6) is 1.49. The van der Waals surface area contributed by atoms with Gasteiger partial charge in [-0.3, -0.25) is 4.98 Å². The minimum Gasteiger partial charge on any atom is -0.482 e. The predicted octanol–water partition coefficient (Wildman–Crippen LogP) is 3.07. The molecule has 0 spiro atoms. The summed E-state index contributed by atoms with van der Waals surface area (Å²) in [4.78, 5) is 12.6. The van der Waals surface area contributed by atoms with Crippen molar-refractivity contribution in [3.8, 4) is 5.75 Å². The fraction of sp³-hybridized carbons (Fsp3) is 0.421. The molecular formula is C19H27N5O2. The topological polar surface area (TPSA) is 106 Å². The lowest BCUT2D eigenvalue weighted by Crippen LogP contribution is -2.06. The first kappa shape index (κ1) is 19.7. The number of anilines is 2. The van der Waals surface area contributed by atoms with Crippen LogP contribution in [-0.4, -0.2) is 26.7 Å². The van der Waals surface area contributed by atoms with Crippen LogP contribution in [0.1, 0.15) is 37.6 Å². The van der Waals surface area contributed by atoms with Crippen LogP contribution in [0.3, 0.4) is 0 Å². The predicted molar refractivity (Wildman–Crippen MR) is 103 cm³/mol. The van der Waals surface area contributed by atoms with Crippen molar-refractivity contribution in [3.63, 3.8) is 0 Å². The van der Waals surface area contributed by atoms with Crippen LogP contribution in [0.15, 0.2) is 36.7 Å². The van der Waals surface area contributed by atoms with Crippen LogP contribution in [-0.2, 0) is 6.61 Å². The largest absolute Gasteiger partial charge is 0.482 e. The number of hydrogen-bond donors (Lipinski definition) is 3. The van der Waals surface area contributed by atoms with Gasteiger partial charge in [-0.25, -0.2) is 4.98 Å². The minimum absolute atomic E-state index is 0.169. The standard InChI is InChI=1S/C19H27N5O2/c1-3-5-15(9-11-25)8-10-21-18-17(12-22-19(20)24-18)26-13-16-7-4-6-14(2)23-16/h4,6-8,10,12,15,25H,3,5,9,11,13H2,1-2H3,(H3,20,21,22,24)/b10-8+/t15-/m1/s1. The fourth-order valence-corrected chi connectivity index (χ4v) is 2.56. The lowest BCUT2D eigenvalue weighted by Gasteiger charge is -2.12. The van der Waals surface area contributed by atoms with Gasteiger partial charge in [0.15, 0.2) is 11.6 Å². The van der Waals surface area contributed by atoms with Gasteiger partial charge in [-0.15, -0.1) is 0 Å². The van der Waals surface area contributed by atoms with E-state index >= 15 is 0 Å². The maximum atomic E-state index is 9.14. The van der Waals surface area contributed by atoms with Crippen molar-refractivity contribution in [3.05, 3.63) is 48.1 Å². The first-order chi connectivity index (χ1) is 12.6. The van der Waals surface area contributed by atoms with E-state index in [1.807, 2.05) is 37.4 Å². The highest BCUT2D eigenvalue weighted by Gasteiger charge is 2.08. The van der Waals surface area contributed by atoms with Gasteiger partial charge in [0.05, 0.1) is 11.9 Å². The second-order valence-electron chi connectivity index (χ2n) is 6.06. The number of pyridine rings is 1. The van der Waals surface area contributed by atoms with Crippen molar-refractivity contribution in [2.75, 3.05) is 17.7 Å². The summed E-state index contributed by atoms with van der Waals surface area (Å²) in [6.07, 6.45) is 8.21. The Morgan fingerprint density at radius 2 is 2.15 bits per heavy atom. The zero-order valence-electron chi connectivity index (χ0n) is 15.4. The molecule has 2 rings (SSSR count). The van der Waals surface area contributed by atoms with Crippen LogP contribution in [0.5, 0.6) is 5.75 Å². The molecule has 2 aromatic rings. The molecule has 0 saturated carbocycles. The van der Waals surface area contributed by atoms with Gasteiger partial charge in [-0.1, -0.05) is 25.5 Å². The number of aliphatic hydroxyl groups excluding tert-OH is 1. The summed E-state index contributed by atoms with van der Waals surface area (Å²) in [6, 6.07) is 5.78. The van der Waals surface area contributed by atoms with E-state index in [1.54, 1.807) is 6.20 Å². The van der Waals surface area contributed by atoms with Gasteiger partial charge in [0.25, 0.3) is 0 Å². The molecule has 0 saturated heterocycles. The summed E-state index contributed by atoms with van der Waals surface area (Å²) in [6.45, 7) is 4.55. The number of ether oxygens (including phenoxy) is 1. The Kier molecular flexibility index (Phi) is 7.82. The third kappa shape index (κ3) is 6.33.